The minimum absolute atomic E-state index is 0.214. The summed E-state index contributed by atoms with van der Waals surface area (Å²) in [5, 5.41) is 9.14. The van der Waals surface area contributed by atoms with Crippen LogP contribution in [0.15, 0.2) is 65.8 Å². The first-order valence-corrected chi connectivity index (χ1v) is 11.8. The van der Waals surface area contributed by atoms with Crippen LogP contribution in [-0.4, -0.2) is 44.3 Å². The Morgan fingerprint density at radius 2 is 1.63 bits per heavy atom. The van der Waals surface area contributed by atoms with Gasteiger partial charge in [-0.3, -0.25) is 14.4 Å². The number of para-hydroxylation sites is 2. The standard InChI is InChI=1S/C28H30N4O6/c1-5-37-23-9-7-6-8-22(23)31-27(34)28(35)32-29-16-20-11-13-24(25(15-20)36-4)38-17-26(33)30-21-12-10-18(2)14-19(21)3/h6-16H,5,17H2,1-4H3,(H,30,33)(H,31,34)(H,32,35)/b29-16-. The van der Waals surface area contributed by atoms with E-state index < -0.39 is 11.8 Å². The van der Waals surface area contributed by atoms with Gasteiger partial charge >= 0.3 is 11.8 Å². The first-order chi connectivity index (χ1) is 18.3. The summed E-state index contributed by atoms with van der Waals surface area (Å²) in [5.41, 5.74) is 5.91. The Balaban J connectivity index is 1.54. The van der Waals surface area contributed by atoms with Gasteiger partial charge < -0.3 is 24.8 Å². The predicted molar refractivity (Wildman–Crippen MR) is 145 cm³/mol. The lowest BCUT2D eigenvalue weighted by molar-refractivity contribution is -0.136. The van der Waals surface area contributed by atoms with Crippen LogP contribution in [0.25, 0.3) is 0 Å². The minimum Gasteiger partial charge on any atom is -0.493 e. The molecule has 0 heterocycles. The van der Waals surface area contributed by atoms with Crippen LogP contribution in [0.2, 0.25) is 0 Å². The average Bonchev–Trinajstić information content (AvgIpc) is 2.90. The number of nitrogens with zero attached hydrogens (tertiary/aromatic N) is 1. The van der Waals surface area contributed by atoms with Crippen LogP contribution in [0, 0.1) is 13.8 Å². The summed E-state index contributed by atoms with van der Waals surface area (Å²) < 4.78 is 16.4. The third kappa shape index (κ3) is 7.82. The van der Waals surface area contributed by atoms with Crippen molar-refractivity contribution in [1.29, 1.82) is 0 Å². The van der Waals surface area contributed by atoms with E-state index in [1.165, 1.54) is 13.3 Å². The summed E-state index contributed by atoms with van der Waals surface area (Å²) in [6, 6.07) is 17.4. The predicted octanol–water partition coefficient (Wildman–Crippen LogP) is 3.82. The van der Waals surface area contributed by atoms with E-state index in [-0.39, 0.29) is 12.5 Å². The number of carbonyl (C=O) groups is 3. The van der Waals surface area contributed by atoms with Crippen molar-refractivity contribution in [3.05, 3.63) is 77.4 Å². The van der Waals surface area contributed by atoms with Crippen LogP contribution in [0.4, 0.5) is 11.4 Å². The largest absolute Gasteiger partial charge is 0.493 e. The van der Waals surface area contributed by atoms with Crippen LogP contribution < -0.4 is 30.3 Å². The molecule has 0 aliphatic rings. The second kappa shape index (κ2) is 13.4. The van der Waals surface area contributed by atoms with E-state index in [0.717, 1.165) is 16.8 Å². The van der Waals surface area contributed by atoms with E-state index in [1.54, 1.807) is 42.5 Å². The summed E-state index contributed by atoms with van der Waals surface area (Å²) in [5.74, 6) is -0.975. The number of methoxy groups -OCH3 is 1. The number of hydrazone groups is 1. The molecule has 0 radical (unpaired) electrons. The quantitative estimate of drug-likeness (QED) is 0.213. The van der Waals surface area contributed by atoms with Gasteiger partial charge in [-0.2, -0.15) is 5.10 Å². The molecule has 0 aromatic heterocycles. The fraction of sp³-hybridized carbons (Fsp3) is 0.214. The van der Waals surface area contributed by atoms with E-state index in [2.05, 4.69) is 21.2 Å². The molecule has 0 unspecified atom stereocenters. The molecule has 10 heteroatoms. The molecule has 0 atom stereocenters. The number of hydrogen-bond acceptors (Lipinski definition) is 7. The number of hydrogen-bond donors (Lipinski definition) is 3. The molecule has 198 valence electrons. The van der Waals surface area contributed by atoms with Crippen LogP contribution in [0.3, 0.4) is 0 Å². The van der Waals surface area contributed by atoms with Crippen molar-refractivity contribution in [2.75, 3.05) is 31.0 Å². The Morgan fingerprint density at radius 1 is 0.842 bits per heavy atom. The Kier molecular flexibility index (Phi) is 9.81. The molecule has 0 aliphatic heterocycles. The molecule has 0 spiro atoms. The van der Waals surface area contributed by atoms with Gasteiger partial charge in [0.2, 0.25) is 0 Å². The second-order valence-corrected chi connectivity index (χ2v) is 8.15. The van der Waals surface area contributed by atoms with Crippen molar-refractivity contribution >= 4 is 35.3 Å². The molecule has 3 amide bonds. The average molecular weight is 519 g/mol. The van der Waals surface area contributed by atoms with Crippen molar-refractivity contribution < 1.29 is 28.6 Å². The van der Waals surface area contributed by atoms with E-state index in [9.17, 15) is 14.4 Å². The van der Waals surface area contributed by atoms with E-state index >= 15 is 0 Å². The van der Waals surface area contributed by atoms with Gasteiger partial charge in [-0.15, -0.1) is 0 Å². The van der Waals surface area contributed by atoms with Gasteiger partial charge in [0.1, 0.15) is 5.75 Å². The van der Waals surface area contributed by atoms with Gasteiger partial charge in [0.25, 0.3) is 5.91 Å². The lowest BCUT2D eigenvalue weighted by Gasteiger charge is -2.12. The molecule has 0 aliphatic carbocycles. The lowest BCUT2D eigenvalue weighted by atomic mass is 10.1. The maximum atomic E-state index is 12.3. The van der Waals surface area contributed by atoms with Crippen molar-refractivity contribution in [2.45, 2.75) is 20.8 Å². The van der Waals surface area contributed by atoms with Crippen molar-refractivity contribution in [3.8, 4) is 17.2 Å². The number of ether oxygens (including phenoxy) is 3. The molecule has 0 saturated heterocycles. The van der Waals surface area contributed by atoms with Crippen LogP contribution >= 0.6 is 0 Å². The number of nitrogens with one attached hydrogen (secondary N) is 3. The van der Waals surface area contributed by atoms with Crippen molar-refractivity contribution in [1.82, 2.24) is 5.43 Å². The first kappa shape index (κ1) is 27.7. The molecular formula is C28H30N4O6. The Morgan fingerprint density at radius 3 is 2.37 bits per heavy atom. The summed E-state index contributed by atoms with van der Waals surface area (Å²) in [6.07, 6.45) is 1.35. The summed E-state index contributed by atoms with van der Waals surface area (Å²) >= 11 is 0. The zero-order valence-electron chi connectivity index (χ0n) is 21.7. The zero-order valence-corrected chi connectivity index (χ0v) is 21.7. The van der Waals surface area contributed by atoms with Gasteiger partial charge in [-0.25, -0.2) is 5.43 Å². The van der Waals surface area contributed by atoms with E-state index in [0.29, 0.717) is 35.1 Å². The zero-order chi connectivity index (χ0) is 27.5. The number of anilines is 2. The molecule has 0 saturated carbocycles. The number of benzene rings is 3. The van der Waals surface area contributed by atoms with Crippen LogP contribution in [-0.2, 0) is 14.4 Å². The molecule has 0 bridgehead atoms. The summed E-state index contributed by atoms with van der Waals surface area (Å²) in [4.78, 5) is 36.7. The highest BCUT2D eigenvalue weighted by atomic mass is 16.5. The number of amides is 3. The fourth-order valence-electron chi connectivity index (χ4n) is 3.41. The highest BCUT2D eigenvalue weighted by Crippen LogP contribution is 2.28. The monoisotopic (exact) mass is 518 g/mol. The third-order valence-corrected chi connectivity index (χ3v) is 5.22. The van der Waals surface area contributed by atoms with Gasteiger partial charge in [0.15, 0.2) is 18.1 Å². The lowest BCUT2D eigenvalue weighted by Crippen LogP contribution is -2.32. The van der Waals surface area contributed by atoms with E-state index in [1.807, 2.05) is 39.0 Å². The molecule has 0 fully saturated rings. The first-order valence-electron chi connectivity index (χ1n) is 11.8. The van der Waals surface area contributed by atoms with Crippen LogP contribution in [0.5, 0.6) is 17.2 Å². The molecule has 3 aromatic rings. The topological polar surface area (TPSA) is 127 Å². The Hall–Kier alpha value is -4.86. The van der Waals surface area contributed by atoms with Gasteiger partial charge in [-0.05, 0) is 68.3 Å². The normalized spacial score (nSPS) is 10.5. The van der Waals surface area contributed by atoms with Crippen molar-refractivity contribution in [3.63, 3.8) is 0 Å². The third-order valence-electron chi connectivity index (χ3n) is 5.22. The van der Waals surface area contributed by atoms with Gasteiger partial charge in [0.05, 0.1) is 25.6 Å². The number of rotatable bonds is 10. The smallest absolute Gasteiger partial charge is 0.329 e. The van der Waals surface area contributed by atoms with Gasteiger partial charge in [0, 0.05) is 5.69 Å². The number of aryl methyl sites for hydroxylation is 2. The Labute approximate surface area is 221 Å². The molecular weight excluding hydrogens is 488 g/mol. The maximum absolute atomic E-state index is 12.3. The minimum atomic E-state index is -0.950. The SMILES string of the molecule is CCOc1ccccc1NC(=O)C(=O)N/N=C\c1ccc(OCC(=O)Nc2ccc(C)cc2C)c(OC)c1. The molecule has 3 aromatic carbocycles. The molecule has 3 N–H and O–H groups in total. The van der Waals surface area contributed by atoms with E-state index in [4.69, 9.17) is 14.2 Å². The molecule has 10 nitrogen and oxygen atoms in total. The highest BCUT2D eigenvalue weighted by molar-refractivity contribution is 6.39. The Bertz CT molecular complexity index is 1340. The molecule has 38 heavy (non-hydrogen) atoms. The maximum Gasteiger partial charge on any atom is 0.329 e. The summed E-state index contributed by atoms with van der Waals surface area (Å²) in [6.45, 7) is 5.92. The fourth-order valence-corrected chi connectivity index (χ4v) is 3.41. The molecule has 3 rings (SSSR count). The highest BCUT2D eigenvalue weighted by Gasteiger charge is 2.15. The summed E-state index contributed by atoms with van der Waals surface area (Å²) in [7, 11) is 1.46. The van der Waals surface area contributed by atoms with Gasteiger partial charge in [-0.1, -0.05) is 29.8 Å². The van der Waals surface area contributed by atoms with Crippen LogP contribution in [0.1, 0.15) is 23.6 Å². The number of carbonyl (C=O) groups excluding carboxylic acids is 3. The van der Waals surface area contributed by atoms with Crippen molar-refractivity contribution in [2.24, 2.45) is 5.10 Å². The second-order valence-electron chi connectivity index (χ2n) is 8.15.